The first-order valence-corrected chi connectivity index (χ1v) is 10.9. The van der Waals surface area contributed by atoms with E-state index in [1.807, 2.05) is 18.7 Å². The summed E-state index contributed by atoms with van der Waals surface area (Å²) in [5.41, 5.74) is 1.21. The highest BCUT2D eigenvalue weighted by atomic mass is 32.2. The van der Waals surface area contributed by atoms with Gasteiger partial charge >= 0.3 is 5.88 Å². The zero-order valence-electron chi connectivity index (χ0n) is 17.0. The first kappa shape index (κ1) is 22.6. The summed E-state index contributed by atoms with van der Waals surface area (Å²) < 4.78 is 32.3. The predicted molar refractivity (Wildman–Crippen MR) is 113 cm³/mol. The van der Waals surface area contributed by atoms with E-state index in [1.165, 1.54) is 28.7 Å². The quantitative estimate of drug-likeness (QED) is 0.327. The van der Waals surface area contributed by atoms with Crippen molar-refractivity contribution in [3.05, 3.63) is 46.2 Å². The van der Waals surface area contributed by atoms with Gasteiger partial charge in [-0.05, 0) is 38.1 Å². The van der Waals surface area contributed by atoms with Gasteiger partial charge in [0.2, 0.25) is 10.0 Å². The molecule has 0 spiro atoms. The second-order valence-electron chi connectivity index (χ2n) is 6.10. The number of rotatable bonds is 10. The second kappa shape index (κ2) is 9.66. The molecule has 0 aliphatic heterocycles. The SMILES string of the molecule is CCN(CC)c1ccc(S(=O)(=O)N(CC)CC)cc1N=Cc1ccc([N+](=O)[O-])o1. The van der Waals surface area contributed by atoms with Crippen LogP contribution in [0.5, 0.6) is 0 Å². The van der Waals surface area contributed by atoms with Gasteiger partial charge in [-0.1, -0.05) is 13.8 Å². The van der Waals surface area contributed by atoms with Gasteiger partial charge < -0.3 is 9.32 Å². The summed E-state index contributed by atoms with van der Waals surface area (Å²) >= 11 is 0. The normalized spacial score (nSPS) is 12.0. The number of anilines is 1. The molecular weight excluding hydrogens is 396 g/mol. The van der Waals surface area contributed by atoms with E-state index in [2.05, 4.69) is 4.99 Å². The molecule has 0 aliphatic rings. The number of hydrogen-bond donors (Lipinski definition) is 0. The van der Waals surface area contributed by atoms with Gasteiger partial charge in [-0.25, -0.2) is 8.42 Å². The van der Waals surface area contributed by atoms with Crippen LogP contribution in [0.1, 0.15) is 33.5 Å². The molecule has 1 aromatic heterocycles. The molecule has 10 heteroatoms. The average Bonchev–Trinajstić information content (AvgIpc) is 3.18. The Bertz CT molecular complexity index is 976. The third-order valence-electron chi connectivity index (χ3n) is 4.52. The molecule has 0 atom stereocenters. The van der Waals surface area contributed by atoms with Gasteiger partial charge in [-0.15, -0.1) is 0 Å². The minimum atomic E-state index is -3.64. The van der Waals surface area contributed by atoms with Crippen molar-refractivity contribution >= 4 is 33.5 Å². The third-order valence-corrected chi connectivity index (χ3v) is 6.56. The third kappa shape index (κ3) is 5.01. The lowest BCUT2D eigenvalue weighted by atomic mass is 10.2. The Morgan fingerprint density at radius 2 is 1.72 bits per heavy atom. The van der Waals surface area contributed by atoms with Crippen LogP contribution in [-0.4, -0.2) is 50.0 Å². The van der Waals surface area contributed by atoms with E-state index in [9.17, 15) is 18.5 Å². The van der Waals surface area contributed by atoms with E-state index in [1.54, 1.807) is 26.0 Å². The van der Waals surface area contributed by atoms with Crippen LogP contribution in [0.15, 0.2) is 44.6 Å². The highest BCUT2D eigenvalue weighted by molar-refractivity contribution is 7.89. The van der Waals surface area contributed by atoms with E-state index >= 15 is 0 Å². The molecule has 0 radical (unpaired) electrons. The molecule has 0 bridgehead atoms. The zero-order valence-corrected chi connectivity index (χ0v) is 17.8. The topological polar surface area (TPSA) is 109 Å². The van der Waals surface area contributed by atoms with Gasteiger partial charge in [-0.3, -0.25) is 15.1 Å². The molecule has 158 valence electrons. The second-order valence-corrected chi connectivity index (χ2v) is 8.04. The number of furan rings is 1. The lowest BCUT2D eigenvalue weighted by Gasteiger charge is -2.24. The lowest BCUT2D eigenvalue weighted by molar-refractivity contribution is -0.402. The summed E-state index contributed by atoms with van der Waals surface area (Å²) in [6.07, 6.45) is 1.35. The van der Waals surface area contributed by atoms with Crippen LogP contribution in [-0.2, 0) is 10.0 Å². The number of nitrogens with zero attached hydrogens (tertiary/aromatic N) is 4. The molecule has 0 N–H and O–H groups in total. The molecule has 1 aromatic carbocycles. The summed E-state index contributed by atoms with van der Waals surface area (Å²) in [6.45, 7) is 9.72. The number of sulfonamides is 1. The van der Waals surface area contributed by atoms with Gasteiger partial charge in [0.1, 0.15) is 4.92 Å². The highest BCUT2D eigenvalue weighted by Gasteiger charge is 2.23. The van der Waals surface area contributed by atoms with E-state index in [4.69, 9.17) is 4.42 Å². The summed E-state index contributed by atoms with van der Waals surface area (Å²) in [5.74, 6) is -0.174. The molecule has 29 heavy (non-hydrogen) atoms. The minimum absolute atomic E-state index is 0.148. The standard InChI is InChI=1S/C19H26N4O5S/c1-5-21(6-2)18-11-10-16(29(26,27)22(7-3)8-4)13-17(18)20-14-15-9-12-19(28-15)23(24)25/h9-14H,5-8H2,1-4H3. The first-order chi connectivity index (χ1) is 13.8. The van der Waals surface area contributed by atoms with Crippen molar-refractivity contribution in [1.82, 2.24) is 4.31 Å². The van der Waals surface area contributed by atoms with Gasteiger partial charge in [0.05, 0.1) is 28.6 Å². The fourth-order valence-electron chi connectivity index (χ4n) is 2.95. The van der Waals surface area contributed by atoms with E-state index < -0.39 is 14.9 Å². The zero-order chi connectivity index (χ0) is 21.6. The van der Waals surface area contributed by atoms with Crippen molar-refractivity contribution in [3.8, 4) is 0 Å². The molecule has 0 fully saturated rings. The Hall–Kier alpha value is -2.72. The average molecular weight is 423 g/mol. The van der Waals surface area contributed by atoms with Gasteiger partial charge in [0.25, 0.3) is 0 Å². The van der Waals surface area contributed by atoms with Crippen LogP contribution in [0.25, 0.3) is 0 Å². The molecule has 1 heterocycles. The van der Waals surface area contributed by atoms with Crippen LogP contribution in [0.4, 0.5) is 17.3 Å². The molecule has 9 nitrogen and oxygen atoms in total. The Kier molecular flexibility index (Phi) is 7.52. The van der Waals surface area contributed by atoms with Crippen molar-refractivity contribution in [2.45, 2.75) is 32.6 Å². The van der Waals surface area contributed by atoms with Crippen LogP contribution >= 0.6 is 0 Å². The van der Waals surface area contributed by atoms with Gasteiger partial charge in [-0.2, -0.15) is 4.31 Å². The predicted octanol–water partition coefficient (Wildman–Crippen LogP) is 3.82. The molecule has 2 aromatic rings. The van der Waals surface area contributed by atoms with Crippen LogP contribution < -0.4 is 4.90 Å². The molecule has 0 saturated heterocycles. The first-order valence-electron chi connectivity index (χ1n) is 9.45. The Balaban J connectivity index is 2.53. The number of hydrogen-bond acceptors (Lipinski definition) is 7. The van der Waals surface area contributed by atoms with Crippen LogP contribution in [0, 0.1) is 10.1 Å². The monoisotopic (exact) mass is 422 g/mol. The minimum Gasteiger partial charge on any atom is -0.400 e. The van der Waals surface area contributed by atoms with E-state index in [0.717, 1.165) is 5.69 Å². The highest BCUT2D eigenvalue weighted by Crippen LogP contribution is 2.32. The smallest absolute Gasteiger partial charge is 0.400 e. The van der Waals surface area contributed by atoms with Crippen molar-refractivity contribution < 1.29 is 17.8 Å². The molecule has 2 rings (SSSR count). The summed E-state index contributed by atoms with van der Waals surface area (Å²) in [4.78, 5) is 16.7. The van der Waals surface area contributed by atoms with Crippen LogP contribution in [0.3, 0.4) is 0 Å². The maximum Gasteiger partial charge on any atom is 0.433 e. The maximum atomic E-state index is 12.9. The fourth-order valence-corrected chi connectivity index (χ4v) is 4.43. The Morgan fingerprint density at radius 3 is 2.24 bits per heavy atom. The molecular formula is C19H26N4O5S. The fraction of sp³-hybridized carbons (Fsp3) is 0.421. The molecule has 0 amide bonds. The summed E-state index contributed by atoms with van der Waals surface area (Å²) in [5, 5.41) is 10.8. The van der Waals surface area contributed by atoms with Crippen LogP contribution in [0.2, 0.25) is 0 Å². The Morgan fingerprint density at radius 1 is 1.07 bits per heavy atom. The molecule has 0 unspecified atom stereocenters. The number of nitro groups is 1. The molecule has 0 aliphatic carbocycles. The van der Waals surface area contributed by atoms with Crippen molar-refractivity contribution in [2.24, 2.45) is 4.99 Å². The van der Waals surface area contributed by atoms with Crippen molar-refractivity contribution in [2.75, 3.05) is 31.1 Å². The van der Waals surface area contributed by atoms with E-state index in [-0.39, 0.29) is 16.5 Å². The lowest BCUT2D eigenvalue weighted by Crippen LogP contribution is -2.30. The van der Waals surface area contributed by atoms with Gasteiger partial charge in [0, 0.05) is 26.2 Å². The largest absolute Gasteiger partial charge is 0.433 e. The number of aliphatic imine (C=N–C) groups is 1. The summed E-state index contributed by atoms with van der Waals surface area (Å²) in [7, 11) is -3.64. The van der Waals surface area contributed by atoms with Crippen molar-refractivity contribution in [3.63, 3.8) is 0 Å². The Labute approximate surface area is 170 Å². The van der Waals surface area contributed by atoms with Gasteiger partial charge in [0.15, 0.2) is 5.76 Å². The van der Waals surface area contributed by atoms with E-state index in [0.29, 0.717) is 31.9 Å². The maximum absolute atomic E-state index is 12.9. The summed E-state index contributed by atoms with van der Waals surface area (Å²) in [6, 6.07) is 7.52. The molecule has 0 saturated carbocycles. The van der Waals surface area contributed by atoms with Crippen molar-refractivity contribution in [1.29, 1.82) is 0 Å². The number of benzene rings is 1.